The van der Waals surface area contributed by atoms with E-state index in [1.54, 1.807) is 30.0 Å². The number of nitrogens with one attached hydrogen (secondary N) is 1. The number of anilines is 1. The summed E-state index contributed by atoms with van der Waals surface area (Å²) in [4.78, 5) is 29.0. The number of aromatic nitrogens is 3. The van der Waals surface area contributed by atoms with E-state index in [1.807, 2.05) is 4.90 Å². The highest BCUT2D eigenvalue weighted by Gasteiger charge is 2.54. The molecule has 3 aromatic rings. The van der Waals surface area contributed by atoms with Crippen molar-refractivity contribution < 1.29 is 9.18 Å². The number of likely N-dealkylation sites (tertiary alicyclic amines) is 1. The molecule has 0 bridgehead atoms. The summed E-state index contributed by atoms with van der Waals surface area (Å²) in [5.74, 6) is 0.748. The number of piperidine rings is 1. The topological polar surface area (TPSA) is 71.0 Å². The van der Waals surface area contributed by atoms with E-state index in [0.717, 1.165) is 27.8 Å². The van der Waals surface area contributed by atoms with E-state index in [1.165, 1.54) is 23.5 Å². The monoisotopic (exact) mass is 473 g/mol. The lowest BCUT2D eigenvalue weighted by molar-refractivity contribution is 0.0704. The van der Waals surface area contributed by atoms with Crippen LogP contribution in [0.1, 0.15) is 23.3 Å². The molecule has 1 amide bonds. The van der Waals surface area contributed by atoms with E-state index < -0.39 is 0 Å². The Balaban J connectivity index is 1.35. The molecule has 0 radical (unpaired) electrons. The highest BCUT2D eigenvalue weighted by molar-refractivity contribution is 9.10. The van der Waals surface area contributed by atoms with Gasteiger partial charge in [-0.25, -0.2) is 19.3 Å². The van der Waals surface area contributed by atoms with Gasteiger partial charge in [-0.3, -0.25) is 4.79 Å². The number of nitrogens with zero attached hydrogens (tertiary/aromatic N) is 4. The summed E-state index contributed by atoms with van der Waals surface area (Å²) in [7, 11) is 0. The molecule has 2 aliphatic rings. The summed E-state index contributed by atoms with van der Waals surface area (Å²) in [5.41, 5.74) is 2.93. The molecule has 1 saturated carbocycles. The Morgan fingerprint density at radius 3 is 2.72 bits per heavy atom. The third-order valence-electron chi connectivity index (χ3n) is 5.44. The highest BCUT2D eigenvalue weighted by Crippen LogP contribution is 2.48. The van der Waals surface area contributed by atoms with Crippen molar-refractivity contribution in [2.45, 2.75) is 24.9 Å². The molecule has 1 aromatic carbocycles. The van der Waals surface area contributed by atoms with Crippen LogP contribution in [-0.4, -0.2) is 44.4 Å². The van der Waals surface area contributed by atoms with Gasteiger partial charge in [-0.1, -0.05) is 12.1 Å². The third-order valence-corrected chi connectivity index (χ3v) is 6.72. The van der Waals surface area contributed by atoms with Crippen molar-refractivity contribution in [3.8, 4) is 10.4 Å². The number of carbonyl (C=O) groups excluding carboxylic acids is 1. The fourth-order valence-electron chi connectivity index (χ4n) is 4.00. The molecule has 0 spiro atoms. The molecule has 3 heterocycles. The van der Waals surface area contributed by atoms with Gasteiger partial charge < -0.3 is 10.2 Å². The largest absolute Gasteiger partial charge is 0.352 e. The molecule has 2 fully saturated rings. The Hall–Kier alpha value is -2.39. The van der Waals surface area contributed by atoms with Crippen molar-refractivity contribution >= 4 is 39.1 Å². The Morgan fingerprint density at radius 2 is 1.97 bits per heavy atom. The Bertz CT molecular complexity index is 1040. The zero-order valence-corrected chi connectivity index (χ0v) is 17.7. The van der Waals surface area contributed by atoms with E-state index in [2.05, 4.69) is 36.2 Å². The Kier molecular flexibility index (Phi) is 4.79. The van der Waals surface area contributed by atoms with Crippen molar-refractivity contribution in [2.24, 2.45) is 5.92 Å². The van der Waals surface area contributed by atoms with Gasteiger partial charge in [0.05, 0.1) is 20.9 Å². The summed E-state index contributed by atoms with van der Waals surface area (Å²) in [6.45, 7) is 0.594. The minimum Gasteiger partial charge on any atom is -0.352 e. The number of thiazole rings is 1. The first-order valence-corrected chi connectivity index (χ1v) is 11.0. The van der Waals surface area contributed by atoms with Crippen LogP contribution in [0.25, 0.3) is 10.4 Å². The van der Waals surface area contributed by atoms with E-state index >= 15 is 0 Å². The normalized spacial score (nSPS) is 22.4. The quantitative estimate of drug-likeness (QED) is 0.600. The van der Waals surface area contributed by atoms with Gasteiger partial charge in [0.15, 0.2) is 0 Å². The van der Waals surface area contributed by atoms with Gasteiger partial charge in [0, 0.05) is 25.0 Å². The summed E-state index contributed by atoms with van der Waals surface area (Å²) in [6.07, 6.45) is 5.40. The van der Waals surface area contributed by atoms with Crippen molar-refractivity contribution in [1.29, 1.82) is 0 Å². The van der Waals surface area contributed by atoms with Crippen LogP contribution in [0, 0.1) is 11.7 Å². The maximum atomic E-state index is 13.4. The van der Waals surface area contributed by atoms with Crippen molar-refractivity contribution in [3.63, 3.8) is 0 Å². The molecular weight excluding hydrogens is 457 g/mol. The average molecular weight is 474 g/mol. The first-order chi connectivity index (χ1) is 14.1. The van der Waals surface area contributed by atoms with Gasteiger partial charge in [0.25, 0.3) is 5.91 Å². The van der Waals surface area contributed by atoms with Gasteiger partial charge in [-0.2, -0.15) is 0 Å². The number of rotatable bonds is 5. The number of hydrogen-bond acceptors (Lipinski definition) is 6. The van der Waals surface area contributed by atoms with Crippen LogP contribution in [0.15, 0.2) is 46.6 Å². The second kappa shape index (κ2) is 7.46. The standard InChI is InChI=1S/C20H17BrFN5OS/c21-13-7-23-20(24-8-13)25-9-15-5-12-6-16(12)27(15)19(28)17-18(29-10-26-17)11-1-3-14(22)4-2-11/h1-4,7-8,10,12,15-16H,5-6,9H2,(H,23,24,25)/t12-,15+,16+/m1/s1. The number of halogens is 2. The first kappa shape index (κ1) is 18.6. The van der Waals surface area contributed by atoms with Crippen LogP contribution in [0.2, 0.25) is 0 Å². The molecule has 29 heavy (non-hydrogen) atoms. The van der Waals surface area contributed by atoms with Crippen LogP contribution in [0.5, 0.6) is 0 Å². The molecule has 9 heteroatoms. The number of fused-ring (bicyclic) bond motifs is 1. The highest BCUT2D eigenvalue weighted by atomic mass is 79.9. The molecule has 148 valence electrons. The van der Waals surface area contributed by atoms with Gasteiger partial charge in [-0.15, -0.1) is 11.3 Å². The summed E-state index contributed by atoms with van der Waals surface area (Å²) < 4.78 is 14.1. The molecule has 1 N–H and O–H groups in total. The van der Waals surface area contributed by atoms with Crippen molar-refractivity contribution in [2.75, 3.05) is 11.9 Å². The minimum absolute atomic E-state index is 0.0564. The fraction of sp³-hybridized carbons (Fsp3) is 0.300. The van der Waals surface area contributed by atoms with E-state index in [0.29, 0.717) is 24.1 Å². The van der Waals surface area contributed by atoms with Crippen LogP contribution >= 0.6 is 27.3 Å². The fourth-order valence-corrected chi connectivity index (χ4v) is 4.99. The molecule has 5 rings (SSSR count). The maximum Gasteiger partial charge on any atom is 0.274 e. The maximum absolute atomic E-state index is 13.4. The van der Waals surface area contributed by atoms with Gasteiger partial charge in [0.2, 0.25) is 5.95 Å². The third kappa shape index (κ3) is 3.64. The zero-order chi connectivity index (χ0) is 20.0. The van der Waals surface area contributed by atoms with E-state index in [9.17, 15) is 9.18 Å². The van der Waals surface area contributed by atoms with Crippen LogP contribution in [-0.2, 0) is 0 Å². The van der Waals surface area contributed by atoms with Crippen LogP contribution < -0.4 is 5.32 Å². The van der Waals surface area contributed by atoms with Gasteiger partial charge in [0.1, 0.15) is 11.5 Å². The number of benzene rings is 1. The van der Waals surface area contributed by atoms with Crippen molar-refractivity contribution in [1.82, 2.24) is 19.9 Å². The predicted octanol–water partition coefficient (Wildman–Crippen LogP) is 4.22. The smallest absolute Gasteiger partial charge is 0.274 e. The van der Waals surface area contributed by atoms with E-state index in [-0.39, 0.29) is 23.8 Å². The molecule has 2 aromatic heterocycles. The van der Waals surface area contributed by atoms with Gasteiger partial charge >= 0.3 is 0 Å². The predicted molar refractivity (Wildman–Crippen MR) is 112 cm³/mol. The number of amides is 1. The molecule has 1 saturated heterocycles. The molecule has 1 aliphatic heterocycles. The lowest BCUT2D eigenvalue weighted by Crippen LogP contribution is -2.42. The van der Waals surface area contributed by atoms with Crippen LogP contribution in [0.3, 0.4) is 0 Å². The molecular formula is C20H17BrFN5OS. The first-order valence-electron chi connectivity index (χ1n) is 9.33. The number of carbonyl (C=O) groups is 1. The van der Waals surface area contributed by atoms with Crippen LogP contribution in [0.4, 0.5) is 10.3 Å². The minimum atomic E-state index is -0.298. The number of hydrogen-bond donors (Lipinski definition) is 1. The molecule has 3 atom stereocenters. The average Bonchev–Trinajstić information content (AvgIpc) is 3.14. The summed E-state index contributed by atoms with van der Waals surface area (Å²) in [6, 6.07) is 6.53. The van der Waals surface area contributed by atoms with E-state index in [4.69, 9.17) is 0 Å². The van der Waals surface area contributed by atoms with Gasteiger partial charge in [-0.05, 0) is 52.4 Å². The Morgan fingerprint density at radius 1 is 1.21 bits per heavy atom. The zero-order valence-electron chi connectivity index (χ0n) is 15.3. The lowest BCUT2D eigenvalue weighted by Gasteiger charge is -2.27. The van der Waals surface area contributed by atoms with Crippen molar-refractivity contribution in [3.05, 3.63) is 58.2 Å². The Labute approximate surface area is 179 Å². The molecule has 6 nitrogen and oxygen atoms in total. The second-order valence-electron chi connectivity index (χ2n) is 7.31. The summed E-state index contributed by atoms with van der Waals surface area (Å²) in [5, 5.41) is 3.24. The molecule has 0 unspecified atom stereocenters. The SMILES string of the molecule is O=C(c1ncsc1-c1ccc(F)cc1)N1[C@H](CNc2ncc(Br)cn2)C[C@@H]2C[C@@H]21. The molecule has 1 aliphatic carbocycles. The summed E-state index contributed by atoms with van der Waals surface area (Å²) >= 11 is 4.73. The second-order valence-corrected chi connectivity index (χ2v) is 9.08. The lowest BCUT2D eigenvalue weighted by atomic mass is 10.1.